The third kappa shape index (κ3) is 11.4. The Morgan fingerprint density at radius 3 is 1.52 bits per heavy atom. The van der Waals surface area contributed by atoms with Crippen LogP contribution in [0.5, 0.6) is 0 Å². The molecule has 75 heavy (non-hydrogen) atoms. The van der Waals surface area contributed by atoms with Crippen LogP contribution in [0.2, 0.25) is 0 Å². The number of sulfone groups is 1. The average molecular weight is 1080 g/mol. The molecule has 19 atom stereocenters. The van der Waals surface area contributed by atoms with Crippen LogP contribution < -0.4 is 0 Å². The lowest BCUT2D eigenvalue weighted by Crippen LogP contribution is -2.49. The van der Waals surface area contributed by atoms with Crippen LogP contribution in [0.1, 0.15) is 203 Å². The Labute approximate surface area is 446 Å². The van der Waals surface area contributed by atoms with Crippen molar-refractivity contribution in [1.29, 1.82) is 0 Å². The second-order valence-corrected chi connectivity index (χ2v) is 29.7. The van der Waals surface area contributed by atoms with Gasteiger partial charge in [0.05, 0.1) is 21.3 Å². The van der Waals surface area contributed by atoms with Crippen LogP contribution >= 0.6 is 0 Å². The van der Waals surface area contributed by atoms with Gasteiger partial charge in [-0.25, -0.2) is 8.42 Å². The summed E-state index contributed by atoms with van der Waals surface area (Å²) in [7, 11) is -4.10. The van der Waals surface area contributed by atoms with E-state index in [2.05, 4.69) is 46.8 Å². The van der Waals surface area contributed by atoms with Crippen LogP contribution in [0.15, 0.2) is 58.5 Å². The molecule has 8 aliphatic rings. The molecule has 9 rings (SSSR count). The zero-order valence-corrected chi connectivity index (χ0v) is 47.4. The number of hydrogen-bond acceptors (Lipinski definition) is 6. The number of aliphatic hydroxyl groups is 4. The Bertz CT molecular complexity index is 2310. The monoisotopic (exact) mass is 1080 g/mol. The molecule has 0 heterocycles. The van der Waals surface area contributed by atoms with Crippen molar-refractivity contribution in [3.05, 3.63) is 53.6 Å². The van der Waals surface area contributed by atoms with E-state index in [0.717, 1.165) is 115 Å². The molecule has 426 valence electrons. The molecule has 13 heteroatoms. The minimum atomic E-state index is -4.93. The lowest BCUT2D eigenvalue weighted by molar-refractivity contribution is -0.255. The van der Waals surface area contributed by atoms with E-state index in [1.54, 1.807) is 18.2 Å². The van der Waals surface area contributed by atoms with Crippen molar-refractivity contribution in [3.63, 3.8) is 0 Å². The molecule has 0 saturated heterocycles. The molecular weight excluding hydrogens is 987 g/mol. The predicted octanol–water partition coefficient (Wildman–Crippen LogP) is 15.3. The van der Waals surface area contributed by atoms with Gasteiger partial charge in [-0.05, 0) is 243 Å². The normalized spacial score (nSPS) is 40.5. The summed E-state index contributed by atoms with van der Waals surface area (Å²) in [6, 6.07) is 7.70. The number of halogens is 6. The summed E-state index contributed by atoms with van der Waals surface area (Å²) in [6.45, 7) is 14.8. The summed E-state index contributed by atoms with van der Waals surface area (Å²) in [4.78, 5) is 0.00319. The van der Waals surface area contributed by atoms with E-state index in [4.69, 9.17) is 0 Å². The topological polar surface area (TPSA) is 115 Å². The van der Waals surface area contributed by atoms with Gasteiger partial charge in [0.25, 0.3) is 0 Å². The number of hydrogen-bond donors (Lipinski definition) is 4. The van der Waals surface area contributed by atoms with Crippen molar-refractivity contribution in [2.24, 2.45) is 81.8 Å². The van der Waals surface area contributed by atoms with E-state index < -0.39 is 56.3 Å². The van der Waals surface area contributed by atoms with Gasteiger partial charge in [-0.2, -0.15) is 26.3 Å². The minimum absolute atomic E-state index is 0.00319. The second-order valence-electron chi connectivity index (χ2n) is 27.5. The zero-order valence-electron chi connectivity index (χ0n) is 46.6. The van der Waals surface area contributed by atoms with Crippen LogP contribution in [0.3, 0.4) is 0 Å². The van der Waals surface area contributed by atoms with Crippen LogP contribution in [0, 0.1) is 81.8 Å². The van der Waals surface area contributed by atoms with Crippen molar-refractivity contribution in [2.45, 2.75) is 248 Å². The van der Waals surface area contributed by atoms with Crippen LogP contribution in [-0.2, 0) is 9.84 Å². The van der Waals surface area contributed by atoms with E-state index in [1.807, 2.05) is 6.92 Å². The minimum Gasteiger partial charge on any atom is -0.390 e. The maximum absolute atomic E-state index is 13.8. The number of rotatable bonds is 14. The smallest absolute Gasteiger partial charge is 0.390 e. The maximum atomic E-state index is 13.8. The van der Waals surface area contributed by atoms with E-state index in [9.17, 15) is 55.2 Å². The summed E-state index contributed by atoms with van der Waals surface area (Å²) in [5, 5.41) is 40.7. The molecule has 4 N–H and O–H groups in total. The quantitative estimate of drug-likeness (QED) is 0.109. The van der Waals surface area contributed by atoms with E-state index in [-0.39, 0.29) is 40.4 Å². The average Bonchev–Trinajstić information content (AvgIpc) is 3.90. The maximum Gasteiger partial charge on any atom is 0.416 e. The van der Waals surface area contributed by atoms with Gasteiger partial charge >= 0.3 is 12.4 Å². The molecule has 1 unspecified atom stereocenters. The molecule has 0 amide bonds. The number of alkyl halides is 6. The molecule has 6 saturated carbocycles. The molecule has 8 aliphatic carbocycles. The first-order valence-corrected chi connectivity index (χ1v) is 31.1. The number of allylic oxidation sites excluding steroid dienone is 2. The molecule has 0 spiro atoms. The van der Waals surface area contributed by atoms with Gasteiger partial charge < -0.3 is 20.4 Å². The zero-order chi connectivity index (χ0) is 55.0. The van der Waals surface area contributed by atoms with Crippen LogP contribution in [-0.4, -0.2) is 68.9 Å². The second kappa shape index (κ2) is 21.5. The highest BCUT2D eigenvalue weighted by Gasteiger charge is 2.60. The van der Waals surface area contributed by atoms with Gasteiger partial charge in [0, 0.05) is 6.42 Å². The molecule has 6 fully saturated rings. The predicted molar refractivity (Wildman–Crippen MR) is 284 cm³/mol. The van der Waals surface area contributed by atoms with Crippen molar-refractivity contribution in [3.8, 4) is 0 Å². The Balaban J connectivity index is 0.000000205. The van der Waals surface area contributed by atoms with Crippen molar-refractivity contribution in [1.82, 2.24) is 0 Å². The van der Waals surface area contributed by atoms with Crippen molar-refractivity contribution in [2.75, 3.05) is 0 Å². The summed E-state index contributed by atoms with van der Waals surface area (Å²) in [5.41, 5.74) is -3.48. The molecule has 1 aromatic carbocycles. The molecule has 1 aromatic rings. The third-order valence-corrected chi connectivity index (χ3v) is 25.5. The fourth-order valence-electron chi connectivity index (χ4n) is 18.7. The fourth-order valence-corrected chi connectivity index (χ4v) is 20.7. The first kappa shape index (κ1) is 59.2. The summed E-state index contributed by atoms with van der Waals surface area (Å²) < 4.78 is 108. The van der Waals surface area contributed by atoms with Gasteiger partial charge in [0.1, 0.15) is 0 Å². The lowest BCUT2D eigenvalue weighted by atomic mass is 9.50. The van der Waals surface area contributed by atoms with Gasteiger partial charge in [-0.15, -0.1) is 0 Å². The molecule has 6 nitrogen and oxygen atoms in total. The van der Waals surface area contributed by atoms with Crippen molar-refractivity contribution < 1.29 is 55.2 Å². The van der Waals surface area contributed by atoms with E-state index in [0.29, 0.717) is 60.7 Å². The Hall–Kier alpha value is -1.93. The SMILES string of the molecule is CC[C@]1(O)CC[C@H]2C(=CC[C@@H]3[C@@H]2CC[C@]2(C)[C@@H]([C@H](C)CC(C[C@](C)(O)C(F)(F)F)S(=O)(=O)c4ccccc4)CC[C@@H]32)C1.CC[C@]1(O)CC[C@H]2C(=CC[C@@H]3[C@@H]2CC[C@]2(C)[C@@H]([C@H](C)CCC[C@](C)(O)C(F)(F)F)CC[C@@H]32)C1. The Kier molecular flexibility index (Phi) is 17.0. The molecular formula is C62H94F6O6S. The molecule has 0 radical (unpaired) electrons. The van der Waals surface area contributed by atoms with Gasteiger partial charge in [0.2, 0.25) is 0 Å². The molecule has 0 aromatic heterocycles. The summed E-state index contributed by atoms with van der Waals surface area (Å²) >= 11 is 0. The van der Waals surface area contributed by atoms with Gasteiger partial charge in [0.15, 0.2) is 21.0 Å². The highest BCUT2D eigenvalue weighted by molar-refractivity contribution is 7.92. The summed E-state index contributed by atoms with van der Waals surface area (Å²) in [6.07, 6.45) is 14.1. The molecule has 0 bridgehead atoms. The largest absolute Gasteiger partial charge is 0.416 e. The Morgan fingerprint density at radius 2 is 1.08 bits per heavy atom. The number of benzene rings is 1. The first-order valence-electron chi connectivity index (χ1n) is 29.5. The first-order chi connectivity index (χ1) is 34.8. The Morgan fingerprint density at radius 1 is 0.627 bits per heavy atom. The van der Waals surface area contributed by atoms with E-state index >= 15 is 0 Å². The van der Waals surface area contributed by atoms with Crippen LogP contribution in [0.4, 0.5) is 26.3 Å². The van der Waals surface area contributed by atoms with Crippen LogP contribution in [0.25, 0.3) is 0 Å². The summed E-state index contributed by atoms with van der Waals surface area (Å²) in [5.74, 6) is 6.16. The van der Waals surface area contributed by atoms with E-state index in [1.165, 1.54) is 49.0 Å². The molecule has 0 aliphatic heterocycles. The number of fused-ring (bicyclic) bond motifs is 10. The van der Waals surface area contributed by atoms with Crippen molar-refractivity contribution >= 4 is 9.84 Å². The fraction of sp³-hybridized carbons (Fsp3) is 0.839. The van der Waals surface area contributed by atoms with Gasteiger partial charge in [-0.3, -0.25) is 0 Å². The van der Waals surface area contributed by atoms with Gasteiger partial charge in [-0.1, -0.05) is 89.5 Å². The standard InChI is InChI=1S/C34H49F3O4S.C28H45F3O2/c1-5-33(39)18-16-26-23(20-33)11-12-28-27(26)15-17-31(3)29(13-14-30(28)31)22(2)19-25(21-32(4,38)34(35,36)37)42(40,41)24-9-7-6-8-10-24;1-5-27(33)16-13-20-19(17-27)8-9-22-21(20)12-15-25(3)23(10-11-24(22)25)18(2)7-6-14-26(4,32)28(29,30)31/h6-11,22,25-30,38-39H,5,12-21H2,1-4H3;8,18,20-24,32-33H,5-7,9-17H2,1-4H3/t22-,25?,26+,27-,28-,29-,30+,31-,32+,33+;18-,20+,21-,22-,23-,24+,25-,26+,27+/m11/s1. The lowest BCUT2D eigenvalue weighted by Gasteiger charge is -2.55. The highest BCUT2D eigenvalue weighted by atomic mass is 32.2. The highest BCUT2D eigenvalue weighted by Crippen LogP contribution is 2.67. The third-order valence-electron chi connectivity index (χ3n) is 23.3.